The number of hydrogen-bond acceptors (Lipinski definition) is 4. The summed E-state index contributed by atoms with van der Waals surface area (Å²) in [6.45, 7) is 5.93. The maximum Gasteiger partial charge on any atom is 0.330 e. The van der Waals surface area contributed by atoms with Crippen LogP contribution in [0.3, 0.4) is 0 Å². The van der Waals surface area contributed by atoms with Crippen LogP contribution in [0.2, 0.25) is 0 Å². The molecule has 0 heterocycles. The summed E-state index contributed by atoms with van der Waals surface area (Å²) in [5, 5.41) is 10.4. The number of hydrogen-bond donors (Lipinski definition) is 1. The Balaban J connectivity index is 0. The third kappa shape index (κ3) is 17.0. The molecule has 0 fully saturated rings. The zero-order valence-electron chi connectivity index (χ0n) is 11.6. The average Bonchev–Trinajstić information content (AvgIpc) is 2.37. The summed E-state index contributed by atoms with van der Waals surface area (Å²) in [7, 11) is 0. The molecule has 0 aromatic heterocycles. The topological polar surface area (TPSA) is 76.0 Å². The van der Waals surface area contributed by atoms with E-state index in [0.717, 1.165) is 12.8 Å². The van der Waals surface area contributed by atoms with Gasteiger partial charge in [-0.2, -0.15) is 0 Å². The second kappa shape index (κ2) is 15.6. The Morgan fingerprint density at radius 3 is 2.17 bits per heavy atom. The number of carboxylic acid groups (broad SMARTS) is 1. The SMILES string of the molecule is C/C=C(\C)C(=O)O.CCCCCCCCON=O. The fraction of sp³-hybridized carbons (Fsp3) is 0.769. The Hall–Kier alpha value is -1.39. The molecule has 5 heteroatoms. The molecule has 0 amide bonds. The second-order valence-corrected chi connectivity index (χ2v) is 3.95. The van der Waals surface area contributed by atoms with Crippen molar-refractivity contribution in [3.63, 3.8) is 0 Å². The number of carbonyl (C=O) groups is 1. The van der Waals surface area contributed by atoms with Gasteiger partial charge in [0.05, 0.1) is 0 Å². The lowest BCUT2D eigenvalue weighted by molar-refractivity contribution is -0.132. The molecule has 106 valence electrons. The number of rotatable bonds is 9. The maximum absolute atomic E-state index is 9.86. The third-order valence-corrected chi connectivity index (χ3v) is 2.41. The van der Waals surface area contributed by atoms with Gasteiger partial charge in [-0.05, 0) is 26.7 Å². The van der Waals surface area contributed by atoms with E-state index in [1.165, 1.54) is 25.7 Å². The summed E-state index contributed by atoms with van der Waals surface area (Å²) >= 11 is 0. The first-order valence-corrected chi connectivity index (χ1v) is 6.40. The Morgan fingerprint density at radius 1 is 1.22 bits per heavy atom. The van der Waals surface area contributed by atoms with E-state index in [1.807, 2.05) is 0 Å². The maximum atomic E-state index is 9.86. The highest BCUT2D eigenvalue weighted by atomic mass is 16.7. The average molecular weight is 259 g/mol. The van der Waals surface area contributed by atoms with Crippen molar-refractivity contribution in [1.29, 1.82) is 0 Å². The molecule has 18 heavy (non-hydrogen) atoms. The molecule has 0 saturated heterocycles. The number of allylic oxidation sites excluding steroid dienone is 1. The van der Waals surface area contributed by atoms with E-state index in [1.54, 1.807) is 19.9 Å². The predicted molar refractivity (Wildman–Crippen MR) is 72.2 cm³/mol. The van der Waals surface area contributed by atoms with Crippen LogP contribution in [0.25, 0.3) is 0 Å². The van der Waals surface area contributed by atoms with Crippen molar-refractivity contribution in [2.45, 2.75) is 59.3 Å². The van der Waals surface area contributed by atoms with Crippen molar-refractivity contribution in [3.05, 3.63) is 16.6 Å². The number of unbranched alkanes of at least 4 members (excludes halogenated alkanes) is 5. The van der Waals surface area contributed by atoms with Gasteiger partial charge in [-0.25, -0.2) is 4.79 Å². The lowest BCUT2D eigenvalue weighted by Gasteiger charge is -1.97. The fourth-order valence-corrected chi connectivity index (χ4v) is 1.11. The summed E-state index contributed by atoms with van der Waals surface area (Å²) < 4.78 is 0. The van der Waals surface area contributed by atoms with E-state index in [9.17, 15) is 9.70 Å². The summed E-state index contributed by atoms with van der Waals surface area (Å²) in [6, 6.07) is 0. The molecule has 5 nitrogen and oxygen atoms in total. The van der Waals surface area contributed by atoms with Gasteiger partial charge >= 0.3 is 5.97 Å². The van der Waals surface area contributed by atoms with Crippen molar-refractivity contribution >= 4 is 5.97 Å². The molecular weight excluding hydrogens is 234 g/mol. The molecule has 0 aliphatic heterocycles. The quantitative estimate of drug-likeness (QED) is 0.293. The van der Waals surface area contributed by atoms with Gasteiger partial charge in [0, 0.05) is 5.57 Å². The van der Waals surface area contributed by atoms with Gasteiger partial charge in [-0.1, -0.05) is 38.7 Å². The first kappa shape index (κ1) is 19.0. The molecule has 1 N–H and O–H groups in total. The van der Waals surface area contributed by atoms with Gasteiger partial charge in [0.25, 0.3) is 0 Å². The molecule has 0 saturated carbocycles. The normalized spacial score (nSPS) is 10.3. The Kier molecular flexibility index (Phi) is 16.4. The van der Waals surface area contributed by atoms with Crippen LogP contribution in [0.5, 0.6) is 0 Å². The van der Waals surface area contributed by atoms with Gasteiger partial charge < -0.3 is 9.94 Å². The van der Waals surface area contributed by atoms with Crippen molar-refractivity contribution in [2.24, 2.45) is 5.34 Å². The molecule has 0 radical (unpaired) electrons. The standard InChI is InChI=1S/C8H17NO2.C5H8O2/c1-2-3-4-5-6-7-8-11-9-10;1-3-4(2)5(6)7/h2-8H2,1H3;3H,1-2H3,(H,6,7)/b;4-3+. The van der Waals surface area contributed by atoms with Crippen molar-refractivity contribution < 1.29 is 14.7 Å². The Labute approximate surface area is 109 Å². The fourth-order valence-electron chi connectivity index (χ4n) is 1.11. The van der Waals surface area contributed by atoms with Crippen LogP contribution >= 0.6 is 0 Å². The van der Waals surface area contributed by atoms with Crippen LogP contribution in [-0.2, 0) is 9.63 Å². The zero-order valence-corrected chi connectivity index (χ0v) is 11.6. The number of nitrogens with zero attached hydrogens (tertiary/aromatic N) is 1. The summed E-state index contributed by atoms with van der Waals surface area (Å²) in [5.41, 5.74) is 0.389. The Morgan fingerprint density at radius 2 is 1.78 bits per heavy atom. The van der Waals surface area contributed by atoms with Crippen molar-refractivity contribution in [1.82, 2.24) is 0 Å². The summed E-state index contributed by atoms with van der Waals surface area (Å²) in [5.74, 6) is -0.845. The molecule has 0 spiro atoms. The highest BCUT2D eigenvalue weighted by Gasteiger charge is 1.93. The van der Waals surface area contributed by atoms with Crippen LogP contribution in [0.4, 0.5) is 0 Å². The summed E-state index contributed by atoms with van der Waals surface area (Å²) in [4.78, 5) is 23.6. The summed E-state index contributed by atoms with van der Waals surface area (Å²) in [6.07, 6.45) is 8.79. The van der Waals surface area contributed by atoms with Crippen LogP contribution in [0.15, 0.2) is 17.0 Å². The predicted octanol–water partition coefficient (Wildman–Crippen LogP) is 4.08. The largest absolute Gasteiger partial charge is 0.478 e. The van der Waals surface area contributed by atoms with E-state index in [2.05, 4.69) is 17.1 Å². The molecular formula is C13H25NO4. The minimum Gasteiger partial charge on any atom is -0.478 e. The van der Waals surface area contributed by atoms with Gasteiger partial charge in [0.2, 0.25) is 0 Å². The number of carboxylic acids is 1. The molecule has 0 aromatic carbocycles. The molecule has 0 aromatic rings. The highest BCUT2D eigenvalue weighted by Crippen LogP contribution is 2.04. The lowest BCUT2D eigenvalue weighted by atomic mass is 10.1. The van der Waals surface area contributed by atoms with Gasteiger partial charge in [0.15, 0.2) is 5.34 Å². The van der Waals surface area contributed by atoms with E-state index < -0.39 is 5.97 Å². The second-order valence-electron chi connectivity index (χ2n) is 3.95. The first-order valence-electron chi connectivity index (χ1n) is 6.40. The van der Waals surface area contributed by atoms with Gasteiger partial charge in [-0.3, -0.25) is 0 Å². The molecule has 0 aliphatic carbocycles. The van der Waals surface area contributed by atoms with E-state index >= 15 is 0 Å². The van der Waals surface area contributed by atoms with Crippen LogP contribution in [0.1, 0.15) is 59.3 Å². The Bertz CT molecular complexity index is 239. The van der Waals surface area contributed by atoms with Crippen LogP contribution in [0, 0.1) is 4.91 Å². The van der Waals surface area contributed by atoms with Gasteiger partial charge in [-0.15, -0.1) is 4.91 Å². The van der Waals surface area contributed by atoms with Crippen molar-refractivity contribution in [3.8, 4) is 0 Å². The third-order valence-electron chi connectivity index (χ3n) is 2.41. The van der Waals surface area contributed by atoms with Crippen LogP contribution in [-0.4, -0.2) is 17.7 Å². The lowest BCUT2D eigenvalue weighted by Crippen LogP contribution is -1.93. The molecule has 0 atom stereocenters. The van der Waals surface area contributed by atoms with E-state index in [4.69, 9.17) is 5.11 Å². The van der Waals surface area contributed by atoms with Crippen molar-refractivity contribution in [2.75, 3.05) is 6.61 Å². The smallest absolute Gasteiger partial charge is 0.330 e. The zero-order chi connectivity index (χ0) is 14.2. The monoisotopic (exact) mass is 259 g/mol. The van der Waals surface area contributed by atoms with Crippen LogP contribution < -0.4 is 0 Å². The molecule has 0 aliphatic rings. The van der Waals surface area contributed by atoms with E-state index in [-0.39, 0.29) is 0 Å². The highest BCUT2D eigenvalue weighted by molar-refractivity contribution is 5.85. The van der Waals surface area contributed by atoms with Gasteiger partial charge in [0.1, 0.15) is 6.61 Å². The minimum atomic E-state index is -0.845. The molecule has 0 bridgehead atoms. The minimum absolute atomic E-state index is 0.389. The van der Waals surface area contributed by atoms with E-state index in [0.29, 0.717) is 12.2 Å². The molecule has 0 unspecified atom stereocenters. The first-order chi connectivity index (χ1) is 8.59. The molecule has 0 rings (SSSR count). The number of aliphatic carboxylic acids is 1.